The van der Waals surface area contributed by atoms with E-state index in [1.165, 1.54) is 0 Å². The number of rotatable bonds is 5. The Bertz CT molecular complexity index is 770. The Kier molecular flexibility index (Phi) is 7.54. The molecule has 1 unspecified atom stereocenters. The molecule has 0 saturated carbocycles. The summed E-state index contributed by atoms with van der Waals surface area (Å²) in [5, 5.41) is 2.94. The molecule has 0 aromatic heterocycles. The van der Waals surface area contributed by atoms with Crippen LogP contribution in [0.25, 0.3) is 0 Å². The van der Waals surface area contributed by atoms with Crippen molar-refractivity contribution in [1.29, 1.82) is 0 Å². The van der Waals surface area contributed by atoms with Crippen molar-refractivity contribution < 1.29 is 19.1 Å². The second kappa shape index (κ2) is 10.1. The molecule has 0 spiro atoms. The highest BCUT2D eigenvalue weighted by atomic mass is 16.6. The van der Waals surface area contributed by atoms with Crippen LogP contribution in [0.4, 0.5) is 4.79 Å². The number of ether oxygens (including phenoxy) is 1. The molecule has 0 bridgehead atoms. The summed E-state index contributed by atoms with van der Waals surface area (Å²) >= 11 is 0. The third kappa shape index (κ3) is 6.69. The Morgan fingerprint density at radius 1 is 1.03 bits per heavy atom. The van der Waals surface area contributed by atoms with Crippen LogP contribution in [0.5, 0.6) is 0 Å². The van der Waals surface area contributed by atoms with E-state index >= 15 is 0 Å². The van der Waals surface area contributed by atoms with Gasteiger partial charge in [-0.2, -0.15) is 0 Å². The van der Waals surface area contributed by atoms with Gasteiger partial charge in [0.25, 0.3) is 0 Å². The summed E-state index contributed by atoms with van der Waals surface area (Å²) in [6.45, 7) is 9.27. The van der Waals surface area contributed by atoms with Crippen LogP contribution in [-0.4, -0.2) is 83.5 Å². The van der Waals surface area contributed by atoms with E-state index in [2.05, 4.69) is 10.2 Å². The molecule has 2 aliphatic heterocycles. The zero-order chi connectivity index (χ0) is 22.4. The Balaban J connectivity index is 1.43. The van der Waals surface area contributed by atoms with Crippen LogP contribution in [0, 0.1) is 0 Å². The molecule has 2 heterocycles. The molecule has 1 aromatic rings. The smallest absolute Gasteiger partial charge is 0.410 e. The molecule has 8 heteroatoms. The number of piperazine rings is 1. The number of carbonyl (C=O) groups excluding carboxylic acids is 3. The van der Waals surface area contributed by atoms with E-state index in [0.717, 1.165) is 12.0 Å². The fourth-order valence-electron chi connectivity index (χ4n) is 3.96. The van der Waals surface area contributed by atoms with Crippen molar-refractivity contribution >= 4 is 17.9 Å². The molecule has 0 aliphatic carbocycles. The van der Waals surface area contributed by atoms with Gasteiger partial charge in [0.2, 0.25) is 11.8 Å². The minimum Gasteiger partial charge on any atom is -0.444 e. The predicted octanol–water partition coefficient (Wildman–Crippen LogP) is 1.85. The van der Waals surface area contributed by atoms with Crippen LogP contribution >= 0.6 is 0 Å². The number of carbonyl (C=O) groups is 3. The summed E-state index contributed by atoms with van der Waals surface area (Å²) in [6, 6.07) is 9.36. The van der Waals surface area contributed by atoms with E-state index in [4.69, 9.17) is 4.74 Å². The standard InChI is InChI=1S/C23H34N4O4/c1-23(2,3)31-22(30)27-11-7-10-19(27)21(29)26-14-12-25(13-15-26)17-20(28)24-16-18-8-5-4-6-9-18/h4-6,8-9,19H,7,10-17H2,1-3H3,(H,24,28). The first kappa shape index (κ1) is 23.1. The van der Waals surface area contributed by atoms with Gasteiger partial charge >= 0.3 is 6.09 Å². The molecule has 170 valence electrons. The molecule has 1 aromatic carbocycles. The number of nitrogens with one attached hydrogen (secondary N) is 1. The highest BCUT2D eigenvalue weighted by molar-refractivity contribution is 5.86. The first-order chi connectivity index (χ1) is 14.7. The van der Waals surface area contributed by atoms with Crippen molar-refractivity contribution in [2.45, 2.75) is 51.8 Å². The van der Waals surface area contributed by atoms with Gasteiger partial charge in [-0.05, 0) is 39.2 Å². The van der Waals surface area contributed by atoms with Gasteiger partial charge in [0.05, 0.1) is 6.54 Å². The minimum atomic E-state index is -0.583. The third-order valence-electron chi connectivity index (χ3n) is 5.55. The van der Waals surface area contributed by atoms with Gasteiger partial charge < -0.3 is 15.0 Å². The maximum atomic E-state index is 13.0. The van der Waals surface area contributed by atoms with E-state index in [1.807, 2.05) is 56.0 Å². The Hall–Kier alpha value is -2.61. The van der Waals surface area contributed by atoms with Crippen LogP contribution < -0.4 is 5.32 Å². The molecular weight excluding hydrogens is 396 g/mol. The Morgan fingerprint density at radius 2 is 1.71 bits per heavy atom. The largest absolute Gasteiger partial charge is 0.444 e. The fraction of sp³-hybridized carbons (Fsp3) is 0.609. The van der Waals surface area contributed by atoms with Gasteiger partial charge in [0, 0.05) is 39.3 Å². The molecule has 1 N–H and O–H groups in total. The van der Waals surface area contributed by atoms with Crippen LogP contribution in [0.1, 0.15) is 39.2 Å². The summed E-state index contributed by atoms with van der Waals surface area (Å²) in [5.41, 5.74) is 0.484. The monoisotopic (exact) mass is 430 g/mol. The molecule has 8 nitrogen and oxygen atoms in total. The van der Waals surface area contributed by atoms with Gasteiger partial charge in [-0.15, -0.1) is 0 Å². The predicted molar refractivity (Wildman–Crippen MR) is 117 cm³/mol. The fourth-order valence-corrected chi connectivity index (χ4v) is 3.96. The third-order valence-corrected chi connectivity index (χ3v) is 5.55. The first-order valence-electron chi connectivity index (χ1n) is 11.0. The first-order valence-corrected chi connectivity index (χ1v) is 11.0. The summed E-state index contributed by atoms with van der Waals surface area (Å²) in [7, 11) is 0. The molecule has 3 rings (SSSR count). The quantitative estimate of drug-likeness (QED) is 0.771. The molecule has 3 amide bonds. The van der Waals surface area contributed by atoms with Gasteiger partial charge in [-0.3, -0.25) is 19.4 Å². The molecule has 2 saturated heterocycles. The SMILES string of the molecule is CC(C)(C)OC(=O)N1CCCC1C(=O)N1CCN(CC(=O)NCc2ccccc2)CC1. The lowest BCUT2D eigenvalue weighted by molar-refractivity contribution is -0.137. The molecular formula is C23H34N4O4. The topological polar surface area (TPSA) is 82.2 Å². The van der Waals surface area contributed by atoms with Gasteiger partial charge in [-0.1, -0.05) is 30.3 Å². The van der Waals surface area contributed by atoms with Crippen molar-refractivity contribution in [3.63, 3.8) is 0 Å². The number of amides is 3. The average molecular weight is 431 g/mol. The molecule has 1 atom stereocenters. The van der Waals surface area contributed by atoms with Crippen molar-refractivity contribution in [3.05, 3.63) is 35.9 Å². The highest BCUT2D eigenvalue weighted by Gasteiger charge is 2.39. The lowest BCUT2D eigenvalue weighted by Gasteiger charge is -2.37. The van der Waals surface area contributed by atoms with Gasteiger partial charge in [-0.25, -0.2) is 4.79 Å². The molecule has 0 radical (unpaired) electrons. The summed E-state index contributed by atoms with van der Waals surface area (Å²) in [4.78, 5) is 43.2. The van der Waals surface area contributed by atoms with Crippen molar-refractivity contribution in [2.75, 3.05) is 39.3 Å². The molecule has 31 heavy (non-hydrogen) atoms. The molecule has 2 fully saturated rings. The lowest BCUT2D eigenvalue weighted by atomic mass is 10.1. The van der Waals surface area contributed by atoms with Crippen LogP contribution in [-0.2, 0) is 20.9 Å². The van der Waals surface area contributed by atoms with E-state index in [9.17, 15) is 14.4 Å². The summed E-state index contributed by atoms with van der Waals surface area (Å²) < 4.78 is 5.47. The van der Waals surface area contributed by atoms with E-state index in [0.29, 0.717) is 52.2 Å². The number of hydrogen-bond donors (Lipinski definition) is 1. The van der Waals surface area contributed by atoms with Crippen LogP contribution in [0.2, 0.25) is 0 Å². The number of nitrogens with zero attached hydrogens (tertiary/aromatic N) is 3. The zero-order valence-corrected chi connectivity index (χ0v) is 18.8. The highest BCUT2D eigenvalue weighted by Crippen LogP contribution is 2.23. The maximum Gasteiger partial charge on any atom is 0.410 e. The van der Waals surface area contributed by atoms with E-state index in [-0.39, 0.29) is 11.8 Å². The van der Waals surface area contributed by atoms with Crippen LogP contribution in [0.15, 0.2) is 30.3 Å². The Morgan fingerprint density at radius 3 is 2.35 bits per heavy atom. The molecule has 2 aliphatic rings. The summed E-state index contributed by atoms with van der Waals surface area (Å²) in [6.07, 6.45) is 1.05. The van der Waals surface area contributed by atoms with E-state index < -0.39 is 17.7 Å². The lowest BCUT2D eigenvalue weighted by Crippen LogP contribution is -2.55. The minimum absolute atomic E-state index is 0.0171. The Labute approximate surface area is 184 Å². The van der Waals surface area contributed by atoms with Gasteiger partial charge in [0.1, 0.15) is 11.6 Å². The number of benzene rings is 1. The van der Waals surface area contributed by atoms with Crippen LogP contribution in [0.3, 0.4) is 0 Å². The maximum absolute atomic E-state index is 13.0. The van der Waals surface area contributed by atoms with Crippen molar-refractivity contribution in [1.82, 2.24) is 20.0 Å². The second-order valence-electron chi connectivity index (χ2n) is 9.20. The van der Waals surface area contributed by atoms with E-state index in [1.54, 1.807) is 4.90 Å². The summed E-state index contributed by atoms with van der Waals surface area (Å²) in [5.74, 6) is -0.0351. The van der Waals surface area contributed by atoms with Crippen molar-refractivity contribution in [2.24, 2.45) is 0 Å². The number of likely N-dealkylation sites (tertiary alicyclic amines) is 1. The average Bonchev–Trinajstić information content (AvgIpc) is 3.22. The number of hydrogen-bond acceptors (Lipinski definition) is 5. The van der Waals surface area contributed by atoms with Crippen molar-refractivity contribution in [3.8, 4) is 0 Å². The van der Waals surface area contributed by atoms with Gasteiger partial charge in [0.15, 0.2) is 0 Å². The normalized spacial score (nSPS) is 19.9. The second-order valence-corrected chi connectivity index (χ2v) is 9.20. The zero-order valence-electron chi connectivity index (χ0n) is 18.8.